The van der Waals surface area contributed by atoms with E-state index in [9.17, 15) is 10.0 Å². The second-order valence-corrected chi connectivity index (χ2v) is 7.06. The fourth-order valence-electron chi connectivity index (χ4n) is 2.89. The van der Waals surface area contributed by atoms with Gasteiger partial charge in [-0.05, 0) is 42.8 Å². The minimum Gasteiger partial charge on any atom is -0.301 e. The summed E-state index contributed by atoms with van der Waals surface area (Å²) in [5.41, 5.74) is 1.63. The summed E-state index contributed by atoms with van der Waals surface area (Å²) in [6, 6.07) is 14.3. The van der Waals surface area contributed by atoms with Crippen molar-refractivity contribution in [3.8, 4) is 0 Å². The number of hydrogen-bond acceptors (Lipinski definition) is 3. The molecule has 1 saturated heterocycles. The number of nitrogens with zero attached hydrogens (tertiary/aromatic N) is 2. The Morgan fingerprint density at radius 2 is 1.84 bits per heavy atom. The van der Waals surface area contributed by atoms with Crippen LogP contribution in [0.15, 0.2) is 48.5 Å². The number of amides is 1. The van der Waals surface area contributed by atoms with E-state index in [1.54, 1.807) is 18.2 Å². The van der Waals surface area contributed by atoms with Crippen molar-refractivity contribution in [2.24, 2.45) is 0 Å². The predicted octanol–water partition coefficient (Wildman–Crippen LogP) is 4.20. The number of rotatable bonds is 6. The maximum atomic E-state index is 12.6. The maximum absolute atomic E-state index is 12.6. The molecular formula is C19H20Cl2N2O2. The third-order valence-electron chi connectivity index (χ3n) is 4.45. The van der Waals surface area contributed by atoms with Crippen LogP contribution >= 0.6 is 23.2 Å². The lowest BCUT2D eigenvalue weighted by Gasteiger charge is -2.36. The Morgan fingerprint density at radius 1 is 1.12 bits per heavy atom. The van der Waals surface area contributed by atoms with Gasteiger partial charge >= 0.3 is 0 Å². The van der Waals surface area contributed by atoms with Crippen LogP contribution in [0.1, 0.15) is 23.6 Å². The van der Waals surface area contributed by atoms with Crippen LogP contribution in [0.5, 0.6) is 0 Å². The first-order chi connectivity index (χ1) is 12.0. The Kier molecular flexibility index (Phi) is 5.97. The molecule has 1 unspecified atom stereocenters. The molecule has 1 aliphatic heterocycles. The molecule has 2 aromatic rings. The van der Waals surface area contributed by atoms with Gasteiger partial charge in [-0.15, -0.1) is 0 Å². The minimum atomic E-state index is -0.392. The predicted molar refractivity (Wildman–Crippen MR) is 99.0 cm³/mol. The van der Waals surface area contributed by atoms with Gasteiger partial charge in [0.2, 0.25) is 0 Å². The quantitative estimate of drug-likeness (QED) is 0.604. The summed E-state index contributed by atoms with van der Waals surface area (Å²) >= 11 is 11.9. The number of hydrogen-bond donors (Lipinski definition) is 1. The van der Waals surface area contributed by atoms with Crippen molar-refractivity contribution < 1.29 is 10.0 Å². The largest absolute Gasteiger partial charge is 0.301 e. The summed E-state index contributed by atoms with van der Waals surface area (Å²) in [5, 5.41) is 12.3. The van der Waals surface area contributed by atoms with Crippen LogP contribution in [0.3, 0.4) is 0 Å². The van der Waals surface area contributed by atoms with E-state index >= 15 is 0 Å². The number of likely N-dealkylation sites (tertiary alicyclic amines) is 1. The molecule has 2 aromatic carbocycles. The molecule has 0 saturated carbocycles. The Morgan fingerprint density at radius 3 is 2.44 bits per heavy atom. The molecule has 0 radical (unpaired) electrons. The summed E-state index contributed by atoms with van der Waals surface area (Å²) < 4.78 is 0. The van der Waals surface area contributed by atoms with Gasteiger partial charge in [-0.2, -0.15) is 0 Å². The molecule has 132 valence electrons. The molecule has 1 fully saturated rings. The lowest BCUT2D eigenvalue weighted by Crippen LogP contribution is -2.45. The van der Waals surface area contributed by atoms with Crippen molar-refractivity contribution in [3.05, 3.63) is 69.7 Å². The van der Waals surface area contributed by atoms with E-state index in [-0.39, 0.29) is 12.3 Å². The van der Waals surface area contributed by atoms with Crippen molar-refractivity contribution in [1.82, 2.24) is 9.96 Å². The molecule has 3 rings (SSSR count). The average Bonchev–Trinajstić information content (AvgIpc) is 2.57. The standard InChI is InChI=1S/C19H20Cl2N2O2/c20-16-8-7-14(11-17(16)21)12-19(24)23(25)18(13-22-9-4-10-22)15-5-2-1-3-6-15/h1-3,5-8,11,18,25H,4,9-10,12-13H2. The highest BCUT2D eigenvalue weighted by Crippen LogP contribution is 2.25. The smallest absolute Gasteiger partial charge is 0.250 e. The zero-order valence-electron chi connectivity index (χ0n) is 13.7. The van der Waals surface area contributed by atoms with E-state index in [0.29, 0.717) is 22.2 Å². The zero-order chi connectivity index (χ0) is 17.8. The van der Waals surface area contributed by atoms with Gasteiger partial charge in [-0.1, -0.05) is 59.6 Å². The van der Waals surface area contributed by atoms with Gasteiger partial charge in [0.15, 0.2) is 0 Å². The number of benzene rings is 2. The van der Waals surface area contributed by atoms with Gasteiger partial charge in [0.05, 0.1) is 22.5 Å². The fourth-order valence-corrected chi connectivity index (χ4v) is 3.21. The van der Waals surface area contributed by atoms with Crippen molar-refractivity contribution in [3.63, 3.8) is 0 Å². The van der Waals surface area contributed by atoms with Crippen LogP contribution in [0.4, 0.5) is 0 Å². The van der Waals surface area contributed by atoms with Gasteiger partial charge in [0, 0.05) is 6.54 Å². The Hall–Kier alpha value is -1.59. The van der Waals surface area contributed by atoms with Gasteiger partial charge in [0.1, 0.15) is 0 Å². The molecule has 1 N–H and O–H groups in total. The van der Waals surface area contributed by atoms with Gasteiger partial charge < -0.3 is 4.90 Å². The molecule has 25 heavy (non-hydrogen) atoms. The van der Waals surface area contributed by atoms with Crippen molar-refractivity contribution >= 4 is 29.1 Å². The summed E-state index contributed by atoms with van der Waals surface area (Å²) in [7, 11) is 0. The lowest BCUT2D eigenvalue weighted by molar-refractivity contribution is -0.178. The van der Waals surface area contributed by atoms with E-state index in [4.69, 9.17) is 23.2 Å². The second kappa shape index (κ2) is 8.19. The molecule has 1 atom stereocenters. The summed E-state index contributed by atoms with van der Waals surface area (Å²) in [6.45, 7) is 2.62. The Labute approximate surface area is 157 Å². The number of hydroxylamine groups is 2. The maximum Gasteiger partial charge on any atom is 0.250 e. The lowest BCUT2D eigenvalue weighted by atomic mass is 10.0. The third-order valence-corrected chi connectivity index (χ3v) is 5.19. The van der Waals surface area contributed by atoms with Crippen molar-refractivity contribution in [2.75, 3.05) is 19.6 Å². The fraction of sp³-hybridized carbons (Fsp3) is 0.316. The molecule has 4 nitrogen and oxygen atoms in total. The van der Waals surface area contributed by atoms with Gasteiger partial charge in [0.25, 0.3) is 5.91 Å². The van der Waals surface area contributed by atoms with E-state index in [0.717, 1.165) is 30.1 Å². The third kappa shape index (κ3) is 4.53. The molecule has 0 bridgehead atoms. The monoisotopic (exact) mass is 378 g/mol. The Bertz CT molecular complexity index is 735. The highest BCUT2D eigenvalue weighted by Gasteiger charge is 2.28. The minimum absolute atomic E-state index is 0.0662. The van der Waals surface area contributed by atoms with Gasteiger partial charge in [-0.3, -0.25) is 10.0 Å². The van der Waals surface area contributed by atoms with Crippen molar-refractivity contribution in [2.45, 2.75) is 18.9 Å². The molecule has 0 spiro atoms. The first kappa shape index (κ1) is 18.2. The zero-order valence-corrected chi connectivity index (χ0v) is 15.2. The molecule has 0 aliphatic carbocycles. The normalized spacial score (nSPS) is 15.5. The summed E-state index contributed by atoms with van der Waals surface area (Å²) in [5.74, 6) is -0.368. The second-order valence-electron chi connectivity index (χ2n) is 6.24. The topological polar surface area (TPSA) is 43.8 Å². The first-order valence-corrected chi connectivity index (χ1v) is 9.02. The molecule has 0 aromatic heterocycles. The number of halogens is 2. The van der Waals surface area contributed by atoms with Crippen LogP contribution in [0.25, 0.3) is 0 Å². The van der Waals surface area contributed by atoms with Crippen LogP contribution in [0, 0.1) is 0 Å². The van der Waals surface area contributed by atoms with Crippen molar-refractivity contribution in [1.29, 1.82) is 0 Å². The number of carbonyl (C=O) groups excluding carboxylic acids is 1. The van der Waals surface area contributed by atoms with E-state index in [1.165, 1.54) is 0 Å². The highest BCUT2D eigenvalue weighted by molar-refractivity contribution is 6.42. The molecule has 1 aliphatic rings. The molecule has 1 heterocycles. The summed E-state index contributed by atoms with van der Waals surface area (Å²) in [6.07, 6.45) is 1.22. The van der Waals surface area contributed by atoms with Crippen LogP contribution in [-0.2, 0) is 11.2 Å². The van der Waals surface area contributed by atoms with E-state index < -0.39 is 6.04 Å². The molecule has 1 amide bonds. The molecular weight excluding hydrogens is 359 g/mol. The van der Waals surface area contributed by atoms with Gasteiger partial charge in [-0.25, -0.2) is 5.06 Å². The molecule has 6 heteroatoms. The number of carbonyl (C=O) groups is 1. The van der Waals surface area contributed by atoms with E-state index in [1.807, 2.05) is 30.3 Å². The Balaban J connectivity index is 1.74. The van der Waals surface area contributed by atoms with Crippen LogP contribution < -0.4 is 0 Å². The van der Waals surface area contributed by atoms with Crippen LogP contribution in [-0.4, -0.2) is 40.7 Å². The summed E-state index contributed by atoms with van der Waals surface area (Å²) in [4.78, 5) is 14.8. The highest BCUT2D eigenvalue weighted by atomic mass is 35.5. The SMILES string of the molecule is O=C(Cc1ccc(Cl)c(Cl)c1)N(O)C(CN1CCC1)c1ccccc1. The average molecular weight is 379 g/mol. The van der Waals surface area contributed by atoms with Crippen LogP contribution in [0.2, 0.25) is 10.0 Å². The first-order valence-electron chi connectivity index (χ1n) is 8.27. The van der Waals surface area contributed by atoms with E-state index in [2.05, 4.69) is 4.90 Å².